The van der Waals surface area contributed by atoms with Crippen LogP contribution in [0.5, 0.6) is 0 Å². The minimum atomic E-state index is -0.866. The monoisotopic (exact) mass is 276 g/mol. The molecule has 0 bridgehead atoms. The Hall–Kier alpha value is -2.11. The van der Waals surface area contributed by atoms with Gasteiger partial charge >= 0.3 is 0 Å². The van der Waals surface area contributed by atoms with Gasteiger partial charge in [-0.05, 0) is 24.5 Å². The van der Waals surface area contributed by atoms with Crippen molar-refractivity contribution in [1.82, 2.24) is 10.3 Å². The van der Waals surface area contributed by atoms with Crippen molar-refractivity contribution in [3.63, 3.8) is 0 Å². The van der Waals surface area contributed by atoms with Crippen LogP contribution < -0.4 is 11.1 Å². The van der Waals surface area contributed by atoms with Gasteiger partial charge < -0.3 is 16.3 Å². The van der Waals surface area contributed by atoms with E-state index in [4.69, 9.17) is 10.9 Å². The molecule has 0 saturated heterocycles. The lowest BCUT2D eigenvalue weighted by molar-refractivity contribution is -0.129. The van der Waals surface area contributed by atoms with Crippen LogP contribution in [0, 0.1) is 5.41 Å². The average Bonchev–Trinajstić information content (AvgIpc) is 2.53. The van der Waals surface area contributed by atoms with Gasteiger partial charge in [-0.25, -0.2) is 0 Å². The van der Waals surface area contributed by atoms with Crippen molar-refractivity contribution >= 4 is 11.7 Å². The van der Waals surface area contributed by atoms with E-state index in [0.717, 1.165) is 24.8 Å². The molecular formula is C14H20N4O2. The number of rotatable bonds is 4. The van der Waals surface area contributed by atoms with Crippen molar-refractivity contribution in [3.05, 3.63) is 30.1 Å². The number of hydrogen-bond donors (Lipinski definition) is 3. The van der Waals surface area contributed by atoms with Gasteiger partial charge in [-0.3, -0.25) is 9.78 Å². The average molecular weight is 276 g/mol. The fourth-order valence-corrected chi connectivity index (χ4v) is 2.70. The Kier molecular flexibility index (Phi) is 4.55. The van der Waals surface area contributed by atoms with Crippen LogP contribution in [0.25, 0.3) is 0 Å². The summed E-state index contributed by atoms with van der Waals surface area (Å²) >= 11 is 0. The predicted octanol–water partition coefficient (Wildman–Crippen LogP) is 1.39. The summed E-state index contributed by atoms with van der Waals surface area (Å²) in [6.07, 6.45) is 7.55. The number of oxime groups is 1. The highest BCUT2D eigenvalue weighted by molar-refractivity contribution is 6.06. The zero-order chi connectivity index (χ0) is 14.4. The summed E-state index contributed by atoms with van der Waals surface area (Å²) in [6, 6.07) is 3.71. The number of pyridine rings is 1. The second kappa shape index (κ2) is 6.36. The van der Waals surface area contributed by atoms with Crippen LogP contribution in [-0.4, -0.2) is 21.9 Å². The van der Waals surface area contributed by atoms with Gasteiger partial charge in [-0.15, -0.1) is 0 Å². The first-order valence-electron chi connectivity index (χ1n) is 6.84. The molecule has 1 heterocycles. The molecule has 1 fully saturated rings. The van der Waals surface area contributed by atoms with Gasteiger partial charge in [-0.2, -0.15) is 0 Å². The zero-order valence-electron chi connectivity index (χ0n) is 11.4. The molecule has 1 amide bonds. The fraction of sp³-hybridized carbons (Fsp3) is 0.500. The number of nitrogens with two attached hydrogens (primary N) is 1. The quantitative estimate of drug-likeness (QED) is 0.335. The van der Waals surface area contributed by atoms with E-state index in [9.17, 15) is 4.79 Å². The summed E-state index contributed by atoms with van der Waals surface area (Å²) in [4.78, 5) is 16.5. The third kappa shape index (κ3) is 2.89. The van der Waals surface area contributed by atoms with Crippen LogP contribution in [0.3, 0.4) is 0 Å². The third-order valence-electron chi connectivity index (χ3n) is 3.92. The van der Waals surface area contributed by atoms with Crippen molar-refractivity contribution in [2.45, 2.75) is 38.6 Å². The summed E-state index contributed by atoms with van der Waals surface area (Å²) in [5.41, 5.74) is 5.84. The van der Waals surface area contributed by atoms with Crippen molar-refractivity contribution in [3.8, 4) is 0 Å². The first kappa shape index (κ1) is 14.3. The van der Waals surface area contributed by atoms with Crippen LogP contribution in [0.2, 0.25) is 0 Å². The maximum absolute atomic E-state index is 12.5. The van der Waals surface area contributed by atoms with Gasteiger partial charge in [0.25, 0.3) is 0 Å². The molecule has 6 heteroatoms. The van der Waals surface area contributed by atoms with Crippen molar-refractivity contribution in [1.29, 1.82) is 0 Å². The maximum Gasteiger partial charge on any atom is 0.234 e. The minimum Gasteiger partial charge on any atom is -0.409 e. The van der Waals surface area contributed by atoms with Crippen molar-refractivity contribution in [2.24, 2.45) is 16.3 Å². The number of amides is 1. The number of nitrogens with one attached hydrogen (secondary N) is 1. The first-order valence-corrected chi connectivity index (χ1v) is 6.84. The lowest BCUT2D eigenvalue weighted by Crippen LogP contribution is -2.50. The van der Waals surface area contributed by atoms with Crippen LogP contribution in [0.1, 0.15) is 37.7 Å². The zero-order valence-corrected chi connectivity index (χ0v) is 11.4. The van der Waals surface area contributed by atoms with Crippen LogP contribution in [0.4, 0.5) is 0 Å². The molecule has 0 radical (unpaired) electrons. The predicted molar refractivity (Wildman–Crippen MR) is 75.0 cm³/mol. The molecule has 6 nitrogen and oxygen atoms in total. The number of carbonyl (C=O) groups excluding carboxylic acids is 1. The molecule has 1 aliphatic rings. The van der Waals surface area contributed by atoms with Gasteiger partial charge in [0.2, 0.25) is 5.91 Å². The van der Waals surface area contributed by atoms with Crippen LogP contribution >= 0.6 is 0 Å². The number of hydrogen-bond acceptors (Lipinski definition) is 4. The Labute approximate surface area is 118 Å². The van der Waals surface area contributed by atoms with E-state index < -0.39 is 5.41 Å². The van der Waals surface area contributed by atoms with Crippen molar-refractivity contribution < 1.29 is 10.0 Å². The summed E-state index contributed by atoms with van der Waals surface area (Å²) in [6.45, 7) is 0.396. The SMILES string of the molecule is NC(=NO)C1(C(=O)NCc2cccnc2)CCCCC1. The fourth-order valence-electron chi connectivity index (χ4n) is 2.70. The van der Waals surface area contributed by atoms with E-state index in [1.54, 1.807) is 12.4 Å². The summed E-state index contributed by atoms with van der Waals surface area (Å²) in [5.74, 6) is -0.155. The molecule has 4 N–H and O–H groups in total. The number of aromatic nitrogens is 1. The molecule has 0 aliphatic heterocycles. The highest BCUT2D eigenvalue weighted by Gasteiger charge is 2.43. The van der Waals surface area contributed by atoms with E-state index in [1.807, 2.05) is 12.1 Å². The Morgan fingerprint density at radius 3 is 2.80 bits per heavy atom. The molecule has 1 saturated carbocycles. The second-order valence-electron chi connectivity index (χ2n) is 5.17. The molecule has 2 rings (SSSR count). The Balaban J connectivity index is 2.07. The molecule has 1 aromatic heterocycles. The normalized spacial score (nSPS) is 18.5. The lowest BCUT2D eigenvalue weighted by Gasteiger charge is -2.34. The van der Waals surface area contributed by atoms with E-state index in [0.29, 0.717) is 19.4 Å². The van der Waals surface area contributed by atoms with Crippen LogP contribution in [0.15, 0.2) is 29.7 Å². The second-order valence-corrected chi connectivity index (χ2v) is 5.17. The number of nitrogens with zero attached hydrogens (tertiary/aromatic N) is 2. The van der Waals surface area contributed by atoms with E-state index in [1.165, 1.54) is 0 Å². The molecule has 0 spiro atoms. The molecular weight excluding hydrogens is 256 g/mol. The van der Waals surface area contributed by atoms with Gasteiger partial charge in [0.15, 0.2) is 5.84 Å². The van der Waals surface area contributed by atoms with Gasteiger partial charge in [0.05, 0.1) is 0 Å². The molecule has 0 aromatic carbocycles. The first-order chi connectivity index (χ1) is 9.69. The molecule has 108 valence electrons. The summed E-state index contributed by atoms with van der Waals surface area (Å²) in [5, 5.41) is 14.9. The Morgan fingerprint density at radius 1 is 1.45 bits per heavy atom. The topological polar surface area (TPSA) is 101 Å². The largest absolute Gasteiger partial charge is 0.409 e. The number of carbonyl (C=O) groups is 1. The smallest absolute Gasteiger partial charge is 0.234 e. The molecule has 0 unspecified atom stereocenters. The van der Waals surface area contributed by atoms with E-state index >= 15 is 0 Å². The molecule has 0 atom stereocenters. The van der Waals surface area contributed by atoms with Gasteiger partial charge in [-0.1, -0.05) is 30.5 Å². The number of amidine groups is 1. The van der Waals surface area contributed by atoms with Crippen LogP contribution in [-0.2, 0) is 11.3 Å². The van der Waals surface area contributed by atoms with Crippen molar-refractivity contribution in [2.75, 3.05) is 0 Å². The van der Waals surface area contributed by atoms with E-state index in [-0.39, 0.29) is 11.7 Å². The Morgan fingerprint density at radius 2 is 2.20 bits per heavy atom. The highest BCUT2D eigenvalue weighted by atomic mass is 16.4. The molecule has 1 aromatic rings. The molecule has 20 heavy (non-hydrogen) atoms. The Bertz CT molecular complexity index is 481. The van der Waals surface area contributed by atoms with Gasteiger partial charge in [0, 0.05) is 18.9 Å². The standard InChI is InChI=1S/C14H20N4O2/c15-12(18-20)14(6-2-1-3-7-14)13(19)17-10-11-5-4-8-16-9-11/h4-5,8-9,20H,1-3,6-7,10H2,(H2,15,18)(H,17,19). The van der Waals surface area contributed by atoms with E-state index in [2.05, 4.69) is 15.5 Å². The summed E-state index contributed by atoms with van der Waals surface area (Å²) < 4.78 is 0. The van der Waals surface area contributed by atoms with Gasteiger partial charge in [0.1, 0.15) is 5.41 Å². The lowest BCUT2D eigenvalue weighted by atomic mass is 9.72. The maximum atomic E-state index is 12.5. The third-order valence-corrected chi connectivity index (χ3v) is 3.92. The minimum absolute atomic E-state index is 0.0147. The highest BCUT2D eigenvalue weighted by Crippen LogP contribution is 2.36. The summed E-state index contributed by atoms with van der Waals surface area (Å²) in [7, 11) is 0. The molecule has 1 aliphatic carbocycles.